The Labute approximate surface area is 190 Å². The number of amides is 1. The van der Waals surface area contributed by atoms with E-state index in [1.165, 1.54) is 6.07 Å². The number of fused-ring (bicyclic) bond motifs is 1. The van der Waals surface area contributed by atoms with Crippen LogP contribution in [0.1, 0.15) is 18.7 Å². The lowest BCUT2D eigenvalue weighted by Gasteiger charge is -2.32. The van der Waals surface area contributed by atoms with Crippen molar-refractivity contribution in [2.45, 2.75) is 19.0 Å². The average molecular weight is 472 g/mol. The van der Waals surface area contributed by atoms with E-state index in [1.54, 1.807) is 29.9 Å². The quantitative estimate of drug-likeness (QED) is 0.480. The number of piperidine rings is 1. The molecule has 0 aliphatic carbocycles. The van der Waals surface area contributed by atoms with E-state index in [1.807, 2.05) is 17.0 Å². The molecule has 0 spiro atoms. The molecule has 1 saturated heterocycles. The van der Waals surface area contributed by atoms with Gasteiger partial charge in [0.05, 0.1) is 0 Å². The second kappa shape index (κ2) is 8.35. The maximum atomic E-state index is 13.1. The Kier molecular flexibility index (Phi) is 5.34. The van der Waals surface area contributed by atoms with Crippen LogP contribution in [0, 0.1) is 5.92 Å². The first-order valence-electron chi connectivity index (χ1n) is 10.5. The average Bonchev–Trinajstić information content (AvgIpc) is 3.45. The molecule has 1 amide bonds. The lowest BCUT2D eigenvalue weighted by Crippen LogP contribution is -2.38. The molecule has 0 unspecified atom stereocenters. The zero-order chi connectivity index (χ0) is 23.9. The summed E-state index contributed by atoms with van der Waals surface area (Å²) in [5.74, 6) is -0.564. The molecule has 5 rings (SSSR count). The molecule has 176 valence electrons. The molecule has 0 atom stereocenters. The van der Waals surface area contributed by atoms with Gasteiger partial charge in [-0.15, -0.1) is 20.4 Å². The second-order valence-corrected chi connectivity index (χ2v) is 7.94. The van der Waals surface area contributed by atoms with Crippen LogP contribution < -0.4 is 10.2 Å². The van der Waals surface area contributed by atoms with Gasteiger partial charge in [0.25, 0.3) is 5.82 Å². The van der Waals surface area contributed by atoms with Crippen LogP contribution in [0.25, 0.3) is 17.0 Å². The second-order valence-electron chi connectivity index (χ2n) is 7.94. The minimum atomic E-state index is -4.66. The van der Waals surface area contributed by atoms with Crippen LogP contribution in [-0.2, 0) is 18.0 Å². The van der Waals surface area contributed by atoms with Crippen LogP contribution in [-0.4, -0.2) is 59.0 Å². The van der Waals surface area contributed by atoms with Crippen LogP contribution in [0.4, 0.5) is 24.7 Å². The molecule has 3 aromatic heterocycles. The van der Waals surface area contributed by atoms with Gasteiger partial charge >= 0.3 is 6.18 Å². The van der Waals surface area contributed by atoms with Crippen LogP contribution in [0.5, 0.6) is 0 Å². The zero-order valence-corrected chi connectivity index (χ0v) is 17.9. The van der Waals surface area contributed by atoms with Gasteiger partial charge < -0.3 is 10.2 Å². The molecular formula is C20H19F3N10O. The highest BCUT2D eigenvalue weighted by Crippen LogP contribution is 2.29. The third-order valence-electron chi connectivity index (χ3n) is 5.70. The summed E-state index contributed by atoms with van der Waals surface area (Å²) in [6.45, 7) is 0.954. The third kappa shape index (κ3) is 4.13. The van der Waals surface area contributed by atoms with Crippen molar-refractivity contribution < 1.29 is 18.0 Å². The van der Waals surface area contributed by atoms with Gasteiger partial charge in [0.1, 0.15) is 5.82 Å². The van der Waals surface area contributed by atoms with Crippen molar-refractivity contribution in [3.05, 3.63) is 42.2 Å². The lowest BCUT2D eigenvalue weighted by molar-refractivity contribution is -0.146. The summed E-state index contributed by atoms with van der Waals surface area (Å²) in [7, 11) is 1.73. The Morgan fingerprint density at radius 3 is 2.59 bits per heavy atom. The molecule has 1 aliphatic rings. The third-order valence-corrected chi connectivity index (χ3v) is 5.70. The topological polar surface area (TPSA) is 119 Å². The van der Waals surface area contributed by atoms with Crippen molar-refractivity contribution in [3.8, 4) is 11.4 Å². The van der Waals surface area contributed by atoms with Crippen molar-refractivity contribution in [2.75, 3.05) is 23.3 Å². The molecule has 1 aromatic carbocycles. The molecule has 0 saturated carbocycles. The summed E-state index contributed by atoms with van der Waals surface area (Å²) in [5.41, 5.74) is 1.42. The molecule has 0 radical (unpaired) electrons. The summed E-state index contributed by atoms with van der Waals surface area (Å²) >= 11 is 0. The Bertz CT molecular complexity index is 1340. The monoisotopic (exact) mass is 472 g/mol. The van der Waals surface area contributed by atoms with Crippen molar-refractivity contribution in [1.29, 1.82) is 0 Å². The van der Waals surface area contributed by atoms with Crippen LogP contribution >= 0.6 is 0 Å². The Morgan fingerprint density at radius 1 is 1.09 bits per heavy atom. The van der Waals surface area contributed by atoms with E-state index in [9.17, 15) is 18.0 Å². The lowest BCUT2D eigenvalue weighted by atomic mass is 9.95. The molecule has 1 N–H and O–H groups in total. The summed E-state index contributed by atoms with van der Waals surface area (Å²) in [6.07, 6.45) is -3.59. The Balaban J connectivity index is 1.24. The summed E-state index contributed by atoms with van der Waals surface area (Å²) in [6, 6.07) is 10.3. The number of benzene rings is 1. The minimum absolute atomic E-state index is 0.0182. The van der Waals surface area contributed by atoms with Gasteiger partial charge in [-0.25, -0.2) is 4.68 Å². The van der Waals surface area contributed by atoms with Gasteiger partial charge in [0.2, 0.25) is 5.91 Å². The van der Waals surface area contributed by atoms with E-state index in [0.717, 1.165) is 5.56 Å². The summed E-state index contributed by atoms with van der Waals surface area (Å²) in [4.78, 5) is 14.7. The number of carbonyl (C=O) groups is 1. The van der Waals surface area contributed by atoms with Crippen LogP contribution in [0.2, 0.25) is 0 Å². The van der Waals surface area contributed by atoms with E-state index < -0.39 is 12.0 Å². The molecule has 4 heterocycles. The number of tetrazole rings is 1. The number of anilines is 2. The molecule has 14 heteroatoms. The van der Waals surface area contributed by atoms with Gasteiger partial charge in [0.15, 0.2) is 11.5 Å². The standard InChI is InChI=1S/C20H19F3N10O/c1-31-17(26-29-30-31)13-3-2-4-14(11-13)24-18(34)12-7-9-32(10-8-12)16-6-5-15-25-27-19(20(21,22)23)33(15)28-16/h2-6,11-12H,7-10H2,1H3,(H,24,34). The highest BCUT2D eigenvalue weighted by molar-refractivity contribution is 5.93. The highest BCUT2D eigenvalue weighted by atomic mass is 19.4. The number of aromatic nitrogens is 8. The van der Waals surface area contributed by atoms with E-state index in [2.05, 4.69) is 36.1 Å². The number of alkyl halides is 3. The van der Waals surface area contributed by atoms with Crippen molar-refractivity contribution in [3.63, 3.8) is 0 Å². The number of rotatable bonds is 4. The maximum absolute atomic E-state index is 13.1. The molecule has 34 heavy (non-hydrogen) atoms. The van der Waals surface area contributed by atoms with Gasteiger partial charge in [-0.05, 0) is 47.5 Å². The van der Waals surface area contributed by atoms with Crippen LogP contribution in [0.15, 0.2) is 36.4 Å². The smallest absolute Gasteiger partial charge is 0.355 e. The van der Waals surface area contributed by atoms with Gasteiger partial charge in [0, 0.05) is 37.3 Å². The number of nitrogens with zero attached hydrogens (tertiary/aromatic N) is 9. The van der Waals surface area contributed by atoms with E-state index >= 15 is 0 Å². The molecular weight excluding hydrogens is 453 g/mol. The SMILES string of the molecule is Cn1nnnc1-c1cccc(NC(=O)C2CCN(c3ccc4nnc(C(F)(F)F)n4n3)CC2)c1. The first-order valence-corrected chi connectivity index (χ1v) is 10.5. The first kappa shape index (κ1) is 21.7. The van der Waals surface area contributed by atoms with Crippen molar-refractivity contribution >= 4 is 23.1 Å². The normalized spacial score (nSPS) is 15.1. The Hall–Kier alpha value is -4.10. The minimum Gasteiger partial charge on any atom is -0.355 e. The fourth-order valence-corrected chi connectivity index (χ4v) is 3.95. The van der Waals surface area contributed by atoms with E-state index in [4.69, 9.17) is 0 Å². The maximum Gasteiger partial charge on any atom is 0.453 e. The summed E-state index contributed by atoms with van der Waals surface area (Å²) < 4.78 is 41.7. The van der Waals surface area contributed by atoms with Crippen LogP contribution in [0.3, 0.4) is 0 Å². The molecule has 1 fully saturated rings. The Morgan fingerprint density at radius 2 is 1.88 bits per heavy atom. The molecule has 0 bridgehead atoms. The van der Waals surface area contributed by atoms with Gasteiger partial charge in [-0.2, -0.15) is 17.7 Å². The fraction of sp³-hybridized carbons (Fsp3) is 0.350. The largest absolute Gasteiger partial charge is 0.453 e. The molecule has 1 aliphatic heterocycles. The number of carbonyl (C=O) groups excluding carboxylic acids is 1. The fourth-order valence-electron chi connectivity index (χ4n) is 3.95. The van der Waals surface area contributed by atoms with Crippen molar-refractivity contribution in [2.24, 2.45) is 13.0 Å². The predicted octanol–water partition coefficient (Wildman–Crippen LogP) is 2.19. The number of aryl methyl sites for hydroxylation is 1. The highest BCUT2D eigenvalue weighted by Gasteiger charge is 2.38. The van der Waals surface area contributed by atoms with Gasteiger partial charge in [-0.3, -0.25) is 4.79 Å². The first-order chi connectivity index (χ1) is 16.3. The van der Waals surface area contributed by atoms with E-state index in [-0.39, 0.29) is 17.5 Å². The summed E-state index contributed by atoms with van der Waals surface area (Å²) in [5, 5.41) is 25.2. The molecule has 4 aromatic rings. The number of halogens is 3. The van der Waals surface area contributed by atoms with Crippen molar-refractivity contribution in [1.82, 2.24) is 40.0 Å². The number of nitrogens with one attached hydrogen (secondary N) is 1. The van der Waals surface area contributed by atoms with E-state index in [0.29, 0.717) is 47.8 Å². The number of hydrogen-bond donors (Lipinski definition) is 1. The number of hydrogen-bond acceptors (Lipinski definition) is 8. The predicted molar refractivity (Wildman–Crippen MR) is 114 cm³/mol. The molecule has 11 nitrogen and oxygen atoms in total. The zero-order valence-electron chi connectivity index (χ0n) is 17.9. The van der Waals surface area contributed by atoms with Gasteiger partial charge in [-0.1, -0.05) is 12.1 Å².